The normalized spacial score (nSPS) is 14.9. The number of para-hydroxylation sites is 4. The van der Waals surface area contributed by atoms with E-state index in [4.69, 9.17) is 9.47 Å². The van der Waals surface area contributed by atoms with Gasteiger partial charge in [-0.1, -0.05) is 48.5 Å². The summed E-state index contributed by atoms with van der Waals surface area (Å²) in [7, 11) is 0. The van der Waals surface area contributed by atoms with E-state index in [1.165, 1.54) is 4.90 Å². The molecule has 0 unspecified atom stereocenters. The summed E-state index contributed by atoms with van der Waals surface area (Å²) in [6, 6.07) is 23.4. The van der Waals surface area contributed by atoms with Gasteiger partial charge in [-0.3, -0.25) is 14.5 Å². The summed E-state index contributed by atoms with van der Waals surface area (Å²) in [4.78, 5) is 39.7. The van der Waals surface area contributed by atoms with Crippen molar-refractivity contribution in [2.75, 3.05) is 16.8 Å². The van der Waals surface area contributed by atoms with Crippen LogP contribution in [0, 0.1) is 0 Å². The van der Waals surface area contributed by atoms with Gasteiger partial charge in [0.05, 0.1) is 12.1 Å². The molecule has 4 rings (SSSR count). The summed E-state index contributed by atoms with van der Waals surface area (Å²) in [6.07, 6.45) is -0.251. The largest absolute Gasteiger partial charge is 0.484 e. The van der Waals surface area contributed by atoms with Crippen molar-refractivity contribution in [1.29, 1.82) is 0 Å². The molecule has 0 bridgehead atoms. The van der Waals surface area contributed by atoms with Gasteiger partial charge in [0, 0.05) is 5.69 Å². The smallest absolute Gasteiger partial charge is 0.335 e. The second kappa shape index (κ2) is 9.13. The van der Waals surface area contributed by atoms with E-state index < -0.39 is 23.8 Å². The molecule has 1 heterocycles. The number of fused-ring (bicyclic) bond motifs is 1. The van der Waals surface area contributed by atoms with Gasteiger partial charge in [0.15, 0.2) is 12.4 Å². The van der Waals surface area contributed by atoms with Crippen molar-refractivity contribution < 1.29 is 23.9 Å². The first kappa shape index (κ1) is 20.2. The van der Waals surface area contributed by atoms with Crippen molar-refractivity contribution in [3.63, 3.8) is 0 Å². The zero-order valence-electron chi connectivity index (χ0n) is 16.6. The maximum atomic E-state index is 13.1. The number of nitrogens with one attached hydrogen (secondary N) is 1. The van der Waals surface area contributed by atoms with Crippen LogP contribution in [0.5, 0.6) is 11.5 Å². The molecular formula is C24H20N2O5. The van der Waals surface area contributed by atoms with E-state index in [1.807, 2.05) is 12.1 Å². The highest BCUT2D eigenvalue weighted by Gasteiger charge is 2.40. The first-order valence-corrected chi connectivity index (χ1v) is 9.77. The van der Waals surface area contributed by atoms with Crippen LogP contribution in [0.2, 0.25) is 0 Å². The monoisotopic (exact) mass is 416 g/mol. The number of carbonyl (C=O) groups is 3. The third-order valence-corrected chi connectivity index (χ3v) is 4.73. The van der Waals surface area contributed by atoms with Crippen LogP contribution in [-0.2, 0) is 14.4 Å². The molecule has 1 atom stereocenters. The first-order chi connectivity index (χ1) is 15.1. The zero-order chi connectivity index (χ0) is 21.6. The Bertz CT molecular complexity index is 1090. The summed E-state index contributed by atoms with van der Waals surface area (Å²) >= 11 is 0. The Morgan fingerprint density at radius 1 is 0.903 bits per heavy atom. The topological polar surface area (TPSA) is 84.9 Å². The van der Waals surface area contributed by atoms with E-state index in [1.54, 1.807) is 72.8 Å². The lowest BCUT2D eigenvalue weighted by Gasteiger charge is -2.34. The van der Waals surface area contributed by atoms with E-state index in [0.29, 0.717) is 17.1 Å². The molecule has 0 aromatic heterocycles. The highest BCUT2D eigenvalue weighted by Crippen LogP contribution is 2.35. The second-order valence-electron chi connectivity index (χ2n) is 6.89. The molecule has 0 saturated carbocycles. The molecule has 3 aromatic carbocycles. The van der Waals surface area contributed by atoms with Crippen molar-refractivity contribution in [1.82, 2.24) is 0 Å². The first-order valence-electron chi connectivity index (χ1n) is 9.77. The zero-order valence-corrected chi connectivity index (χ0v) is 16.6. The summed E-state index contributed by atoms with van der Waals surface area (Å²) in [5, 5.41) is 2.74. The predicted octanol–water partition coefficient (Wildman–Crippen LogP) is 3.42. The van der Waals surface area contributed by atoms with Crippen molar-refractivity contribution in [2.45, 2.75) is 12.5 Å². The number of esters is 1. The maximum absolute atomic E-state index is 13.1. The van der Waals surface area contributed by atoms with Gasteiger partial charge in [-0.25, -0.2) is 4.79 Å². The number of nitrogens with zero attached hydrogens (tertiary/aromatic N) is 1. The third-order valence-electron chi connectivity index (χ3n) is 4.73. The molecule has 31 heavy (non-hydrogen) atoms. The number of carbonyl (C=O) groups excluding carboxylic acids is 3. The number of rotatable bonds is 6. The van der Waals surface area contributed by atoms with Crippen molar-refractivity contribution in [3.8, 4) is 11.5 Å². The molecule has 7 heteroatoms. The minimum Gasteiger partial charge on any atom is -0.484 e. The second-order valence-corrected chi connectivity index (χ2v) is 6.89. The van der Waals surface area contributed by atoms with Crippen LogP contribution in [0.1, 0.15) is 6.42 Å². The van der Waals surface area contributed by atoms with E-state index >= 15 is 0 Å². The van der Waals surface area contributed by atoms with Crippen molar-refractivity contribution in [3.05, 3.63) is 84.9 Å². The molecule has 1 N–H and O–H groups in total. The lowest BCUT2D eigenvalue weighted by Crippen LogP contribution is -2.52. The van der Waals surface area contributed by atoms with Gasteiger partial charge in [-0.2, -0.15) is 0 Å². The molecule has 156 valence electrons. The van der Waals surface area contributed by atoms with E-state index in [0.717, 1.165) is 0 Å². The van der Waals surface area contributed by atoms with Crippen LogP contribution in [0.3, 0.4) is 0 Å². The van der Waals surface area contributed by atoms with Gasteiger partial charge in [0.1, 0.15) is 11.8 Å². The van der Waals surface area contributed by atoms with Crippen LogP contribution in [0.15, 0.2) is 84.9 Å². The average molecular weight is 416 g/mol. The summed E-state index contributed by atoms with van der Waals surface area (Å²) in [5.74, 6) is -0.739. The number of anilines is 2. The fourth-order valence-corrected chi connectivity index (χ4v) is 3.32. The molecule has 7 nitrogen and oxygen atoms in total. The number of ether oxygens (including phenoxy) is 2. The fourth-order valence-electron chi connectivity index (χ4n) is 3.32. The van der Waals surface area contributed by atoms with Gasteiger partial charge in [-0.05, 0) is 36.4 Å². The standard InChI is InChI=1S/C24H20N2O5/c27-22(25-17-9-3-1-4-10-17)15-20-24(29)31-21-14-8-7-13-19(21)26(20)23(28)16-30-18-11-5-2-6-12-18/h1-14,20H,15-16H2,(H,25,27)/t20-/m1/s1. The Hall–Kier alpha value is -4.13. The molecule has 0 aliphatic carbocycles. The Morgan fingerprint density at radius 3 is 2.29 bits per heavy atom. The number of benzene rings is 3. The van der Waals surface area contributed by atoms with Gasteiger partial charge in [-0.15, -0.1) is 0 Å². The molecular weight excluding hydrogens is 396 g/mol. The summed E-state index contributed by atoms with van der Waals surface area (Å²) in [6.45, 7) is -0.289. The van der Waals surface area contributed by atoms with E-state index in [9.17, 15) is 14.4 Å². The van der Waals surface area contributed by atoms with E-state index in [-0.39, 0.29) is 18.8 Å². The van der Waals surface area contributed by atoms with Crippen LogP contribution >= 0.6 is 0 Å². The maximum Gasteiger partial charge on any atom is 0.335 e. The van der Waals surface area contributed by atoms with Crippen molar-refractivity contribution in [2.24, 2.45) is 0 Å². The minimum absolute atomic E-state index is 0.251. The number of hydrogen-bond donors (Lipinski definition) is 1. The lowest BCUT2D eigenvalue weighted by molar-refractivity contribution is -0.140. The van der Waals surface area contributed by atoms with Crippen LogP contribution < -0.4 is 19.7 Å². The molecule has 0 radical (unpaired) electrons. The van der Waals surface area contributed by atoms with Gasteiger partial charge in [0.2, 0.25) is 5.91 Å². The van der Waals surface area contributed by atoms with Gasteiger partial charge in [0.25, 0.3) is 5.91 Å². The Kier molecular flexibility index (Phi) is 5.93. The molecule has 0 spiro atoms. The molecule has 2 amide bonds. The lowest BCUT2D eigenvalue weighted by atomic mass is 10.1. The third kappa shape index (κ3) is 4.72. The summed E-state index contributed by atoms with van der Waals surface area (Å²) < 4.78 is 11.0. The van der Waals surface area contributed by atoms with Gasteiger partial charge < -0.3 is 14.8 Å². The predicted molar refractivity (Wildman–Crippen MR) is 115 cm³/mol. The van der Waals surface area contributed by atoms with Crippen LogP contribution in [-0.4, -0.2) is 30.4 Å². The quantitative estimate of drug-likeness (QED) is 0.492. The molecule has 1 aliphatic rings. The molecule has 1 aliphatic heterocycles. The Balaban J connectivity index is 1.55. The van der Waals surface area contributed by atoms with E-state index in [2.05, 4.69) is 5.32 Å². The number of hydrogen-bond acceptors (Lipinski definition) is 5. The SMILES string of the molecule is O=C(C[C@@H]1C(=O)Oc2ccccc2N1C(=O)COc1ccccc1)Nc1ccccc1. The molecule has 0 saturated heterocycles. The fraction of sp³-hybridized carbons (Fsp3) is 0.125. The molecule has 0 fully saturated rings. The highest BCUT2D eigenvalue weighted by molar-refractivity contribution is 6.06. The Labute approximate surface area is 179 Å². The summed E-state index contributed by atoms with van der Waals surface area (Å²) in [5.41, 5.74) is 1.02. The Morgan fingerprint density at radius 2 is 1.55 bits per heavy atom. The number of amides is 2. The highest BCUT2D eigenvalue weighted by atomic mass is 16.5. The minimum atomic E-state index is -1.11. The van der Waals surface area contributed by atoms with Crippen LogP contribution in [0.4, 0.5) is 11.4 Å². The average Bonchev–Trinajstić information content (AvgIpc) is 2.79. The van der Waals surface area contributed by atoms with Crippen molar-refractivity contribution >= 4 is 29.2 Å². The van der Waals surface area contributed by atoms with Crippen LogP contribution in [0.25, 0.3) is 0 Å². The van der Waals surface area contributed by atoms with Gasteiger partial charge >= 0.3 is 5.97 Å². The molecule has 3 aromatic rings.